The highest BCUT2D eigenvalue weighted by Crippen LogP contribution is 2.50. The van der Waals surface area contributed by atoms with Crippen LogP contribution >= 0.6 is 11.8 Å². The van der Waals surface area contributed by atoms with Crippen LogP contribution in [0.3, 0.4) is 0 Å². The Kier molecular flexibility index (Phi) is 5.27. The summed E-state index contributed by atoms with van der Waals surface area (Å²) in [6.07, 6.45) is 4.54. The maximum absolute atomic E-state index is 13.4. The molecule has 3 aromatic rings. The van der Waals surface area contributed by atoms with Crippen LogP contribution in [0.2, 0.25) is 0 Å². The Morgan fingerprint density at radius 3 is 2.71 bits per heavy atom. The van der Waals surface area contributed by atoms with Gasteiger partial charge in [0.05, 0.1) is 17.4 Å². The zero-order valence-electron chi connectivity index (χ0n) is 18.5. The van der Waals surface area contributed by atoms with E-state index < -0.39 is 11.3 Å². The molecule has 0 saturated heterocycles. The fourth-order valence-corrected chi connectivity index (χ4v) is 6.41. The zero-order valence-corrected chi connectivity index (χ0v) is 19.3. The Balaban J connectivity index is 1.33. The molecule has 6 rings (SSSR count). The Morgan fingerprint density at radius 1 is 1.09 bits per heavy atom. The van der Waals surface area contributed by atoms with Gasteiger partial charge in [0.15, 0.2) is 0 Å². The molecule has 8 heteroatoms. The molecule has 0 spiro atoms. The van der Waals surface area contributed by atoms with Gasteiger partial charge in [0.1, 0.15) is 10.3 Å². The molecule has 3 heterocycles. The SMILES string of the molecule is N[C@H]1CCC[C@H]1NC(=O)C1Sc2nccc3c2C1NC(=O)N3c1cccc(-c2ccccc2)c1. The highest BCUT2D eigenvalue weighted by atomic mass is 32.2. The monoisotopic (exact) mass is 471 g/mol. The molecule has 4 N–H and O–H groups in total. The van der Waals surface area contributed by atoms with Crippen molar-refractivity contribution < 1.29 is 9.59 Å². The number of pyridine rings is 1. The second-order valence-electron chi connectivity index (χ2n) is 8.98. The molecule has 2 aliphatic heterocycles. The zero-order chi connectivity index (χ0) is 23.2. The lowest BCUT2D eigenvalue weighted by molar-refractivity contribution is -0.121. The predicted octanol–water partition coefficient (Wildman–Crippen LogP) is 4.12. The van der Waals surface area contributed by atoms with Crippen LogP contribution in [0.25, 0.3) is 11.1 Å². The van der Waals surface area contributed by atoms with Crippen molar-refractivity contribution in [3.05, 3.63) is 72.4 Å². The number of hydrogen-bond donors (Lipinski definition) is 3. The van der Waals surface area contributed by atoms with Crippen LogP contribution in [0.15, 0.2) is 71.9 Å². The van der Waals surface area contributed by atoms with Gasteiger partial charge >= 0.3 is 6.03 Å². The third-order valence-corrected chi connectivity index (χ3v) is 8.16. The minimum Gasteiger partial charge on any atom is -0.351 e. The maximum Gasteiger partial charge on any atom is 0.327 e. The van der Waals surface area contributed by atoms with Gasteiger partial charge in [-0.05, 0) is 48.6 Å². The van der Waals surface area contributed by atoms with Crippen LogP contribution < -0.4 is 21.3 Å². The summed E-state index contributed by atoms with van der Waals surface area (Å²) in [7, 11) is 0. The van der Waals surface area contributed by atoms with Gasteiger partial charge in [-0.15, -0.1) is 0 Å². The summed E-state index contributed by atoms with van der Waals surface area (Å²) in [5.41, 5.74) is 10.7. The first-order valence-electron chi connectivity index (χ1n) is 11.6. The summed E-state index contributed by atoms with van der Waals surface area (Å²) in [4.78, 5) is 32.8. The number of aromatic nitrogens is 1. The first-order chi connectivity index (χ1) is 16.6. The standard InChI is InChI=1S/C26H25N5O2S/c27-18-10-5-11-19(18)29-24(32)23-22-21-20(12-13-28-25(21)34-23)31(26(33)30-22)17-9-4-8-16(14-17)15-6-2-1-3-7-15/h1-4,6-9,12-14,18-19,22-23H,5,10-11,27H2,(H,29,32)(H,30,33)/t18-,19+,22?,23?/m0/s1. The number of hydrogen-bond acceptors (Lipinski definition) is 5. The molecule has 1 aliphatic carbocycles. The molecular weight excluding hydrogens is 446 g/mol. The Morgan fingerprint density at radius 2 is 1.91 bits per heavy atom. The van der Waals surface area contributed by atoms with Crippen molar-refractivity contribution in [2.45, 2.75) is 47.7 Å². The maximum atomic E-state index is 13.4. The van der Waals surface area contributed by atoms with Crippen LogP contribution in [0.4, 0.5) is 16.2 Å². The average molecular weight is 472 g/mol. The van der Waals surface area contributed by atoms with E-state index >= 15 is 0 Å². The van der Waals surface area contributed by atoms with E-state index in [-0.39, 0.29) is 24.0 Å². The summed E-state index contributed by atoms with van der Waals surface area (Å²) >= 11 is 1.41. The molecule has 3 amide bonds. The average Bonchev–Trinajstić information content (AvgIpc) is 3.44. The molecule has 2 aromatic carbocycles. The fraction of sp³-hybridized carbons (Fsp3) is 0.269. The van der Waals surface area contributed by atoms with E-state index in [9.17, 15) is 9.59 Å². The van der Waals surface area contributed by atoms with Gasteiger partial charge in [0.25, 0.3) is 0 Å². The highest BCUT2D eigenvalue weighted by Gasteiger charge is 2.47. The molecule has 1 fully saturated rings. The van der Waals surface area contributed by atoms with Gasteiger partial charge in [0, 0.05) is 23.8 Å². The van der Waals surface area contributed by atoms with Crippen LogP contribution in [-0.2, 0) is 4.79 Å². The van der Waals surface area contributed by atoms with Crippen LogP contribution in [-0.4, -0.2) is 34.3 Å². The van der Waals surface area contributed by atoms with E-state index in [1.54, 1.807) is 11.1 Å². The number of amides is 3. The minimum absolute atomic E-state index is 0.0132. The quantitative estimate of drug-likeness (QED) is 0.531. The van der Waals surface area contributed by atoms with E-state index in [0.717, 1.165) is 52.4 Å². The number of benzene rings is 2. The first kappa shape index (κ1) is 21.2. The largest absolute Gasteiger partial charge is 0.351 e. The van der Waals surface area contributed by atoms with E-state index in [1.165, 1.54) is 11.8 Å². The van der Waals surface area contributed by atoms with Crippen LogP contribution in [0, 0.1) is 0 Å². The van der Waals surface area contributed by atoms with Crippen molar-refractivity contribution in [2.75, 3.05) is 4.90 Å². The third-order valence-electron chi connectivity index (χ3n) is 6.87. The van der Waals surface area contributed by atoms with Gasteiger partial charge in [0.2, 0.25) is 5.91 Å². The Bertz CT molecular complexity index is 1270. The van der Waals surface area contributed by atoms with Crippen molar-refractivity contribution in [3.63, 3.8) is 0 Å². The lowest BCUT2D eigenvalue weighted by atomic mass is 9.99. The van der Waals surface area contributed by atoms with Crippen molar-refractivity contribution >= 4 is 35.1 Å². The number of nitrogens with two attached hydrogens (primary N) is 1. The second-order valence-corrected chi connectivity index (χ2v) is 10.1. The summed E-state index contributed by atoms with van der Waals surface area (Å²) in [5.74, 6) is -0.0962. The lowest BCUT2D eigenvalue weighted by Gasteiger charge is -2.34. The van der Waals surface area contributed by atoms with E-state index in [1.807, 2.05) is 60.7 Å². The molecule has 34 heavy (non-hydrogen) atoms. The summed E-state index contributed by atoms with van der Waals surface area (Å²) in [5, 5.41) is 6.51. The molecule has 0 bridgehead atoms. The van der Waals surface area contributed by atoms with Gasteiger partial charge in [-0.2, -0.15) is 0 Å². The highest BCUT2D eigenvalue weighted by molar-refractivity contribution is 8.01. The van der Waals surface area contributed by atoms with Crippen LogP contribution in [0.5, 0.6) is 0 Å². The molecular formula is C26H25N5O2S. The molecule has 1 aromatic heterocycles. The number of carbonyl (C=O) groups excluding carboxylic acids is 2. The Labute approximate surface area is 202 Å². The number of urea groups is 1. The smallest absolute Gasteiger partial charge is 0.327 e. The molecule has 0 radical (unpaired) electrons. The van der Waals surface area contributed by atoms with E-state index in [4.69, 9.17) is 5.73 Å². The lowest BCUT2D eigenvalue weighted by Crippen LogP contribution is -2.52. The summed E-state index contributed by atoms with van der Waals surface area (Å²) in [6.45, 7) is 0. The van der Waals surface area contributed by atoms with Gasteiger partial charge in [-0.25, -0.2) is 9.78 Å². The second kappa shape index (κ2) is 8.45. The Hall–Kier alpha value is -3.36. The fourth-order valence-electron chi connectivity index (χ4n) is 5.17. The van der Waals surface area contributed by atoms with Gasteiger partial charge in [-0.3, -0.25) is 9.69 Å². The normalized spacial score (nSPS) is 25.1. The summed E-state index contributed by atoms with van der Waals surface area (Å²) < 4.78 is 0. The van der Waals surface area contributed by atoms with Crippen molar-refractivity contribution in [2.24, 2.45) is 5.73 Å². The third kappa shape index (κ3) is 3.54. The predicted molar refractivity (Wildman–Crippen MR) is 133 cm³/mol. The van der Waals surface area contributed by atoms with E-state index in [2.05, 4.69) is 15.6 Å². The molecule has 2 unspecified atom stereocenters. The molecule has 3 aliphatic rings. The topological polar surface area (TPSA) is 100 Å². The van der Waals surface area contributed by atoms with Crippen molar-refractivity contribution in [1.29, 1.82) is 0 Å². The number of anilines is 2. The molecule has 1 saturated carbocycles. The van der Waals surface area contributed by atoms with E-state index in [0.29, 0.717) is 0 Å². The molecule has 172 valence electrons. The van der Waals surface area contributed by atoms with Gasteiger partial charge < -0.3 is 16.4 Å². The number of rotatable bonds is 4. The van der Waals surface area contributed by atoms with Crippen molar-refractivity contribution in [3.8, 4) is 11.1 Å². The summed E-state index contributed by atoms with van der Waals surface area (Å²) in [6, 6.07) is 19.1. The van der Waals surface area contributed by atoms with Crippen molar-refractivity contribution in [1.82, 2.24) is 15.6 Å². The van der Waals surface area contributed by atoms with Gasteiger partial charge in [-0.1, -0.05) is 54.2 Å². The number of thioether (sulfide) groups is 1. The number of nitrogens with one attached hydrogen (secondary N) is 2. The van der Waals surface area contributed by atoms with Crippen LogP contribution in [0.1, 0.15) is 30.9 Å². The number of nitrogens with zero attached hydrogens (tertiary/aromatic N) is 2. The minimum atomic E-state index is -0.474. The molecule has 7 nitrogen and oxygen atoms in total. The molecule has 4 atom stereocenters. The number of carbonyl (C=O) groups is 2. The first-order valence-corrected chi connectivity index (χ1v) is 12.5.